The molecule has 4 saturated carbocycles. The second kappa shape index (κ2) is 13.3. The maximum absolute atomic E-state index is 13.2. The summed E-state index contributed by atoms with van der Waals surface area (Å²) in [5.41, 5.74) is -0.551. The molecule has 0 amide bonds. The molecule has 0 spiro atoms. The van der Waals surface area contributed by atoms with Gasteiger partial charge in [0.25, 0.3) is 0 Å². The van der Waals surface area contributed by atoms with Gasteiger partial charge in [-0.25, -0.2) is 0 Å². The number of carbonyl (C=O) groups excluding carboxylic acids is 2. The Balaban J connectivity index is 1.50. The molecule has 280 valence electrons. The largest absolute Gasteiger partial charge is 0.481 e. The number of carbonyl (C=O) groups is 5. The van der Waals surface area contributed by atoms with E-state index in [-0.39, 0.29) is 77.9 Å². The van der Waals surface area contributed by atoms with Crippen LogP contribution in [0, 0.1) is 50.2 Å². The Morgan fingerprint density at radius 3 is 1.88 bits per heavy atom. The predicted molar refractivity (Wildman–Crippen MR) is 185 cm³/mol. The van der Waals surface area contributed by atoms with Crippen LogP contribution in [0.2, 0.25) is 0 Å². The first-order valence-electron chi connectivity index (χ1n) is 18.9. The quantitative estimate of drug-likeness (QED) is 0.143. The van der Waals surface area contributed by atoms with Crippen LogP contribution >= 0.6 is 0 Å². The van der Waals surface area contributed by atoms with Crippen molar-refractivity contribution in [2.24, 2.45) is 50.2 Å². The summed E-state index contributed by atoms with van der Waals surface area (Å²) < 4.78 is 12.3. The van der Waals surface area contributed by atoms with E-state index in [2.05, 4.69) is 54.5 Å². The van der Waals surface area contributed by atoms with Crippen molar-refractivity contribution in [3.63, 3.8) is 0 Å². The number of carboxylic acid groups (broad SMARTS) is 3. The number of aliphatic carboxylic acids is 3. The molecule has 0 aromatic carbocycles. The highest BCUT2D eigenvalue weighted by Crippen LogP contribution is 2.76. The first kappa shape index (κ1) is 38.3. The minimum Gasteiger partial charge on any atom is -0.481 e. The summed E-state index contributed by atoms with van der Waals surface area (Å²) in [6.45, 7) is 15.8. The van der Waals surface area contributed by atoms with Crippen LogP contribution in [0.5, 0.6) is 0 Å². The van der Waals surface area contributed by atoms with Crippen molar-refractivity contribution in [2.45, 2.75) is 157 Å². The number of allylic oxidation sites excluding steroid dienone is 2. The average Bonchev–Trinajstić information content (AvgIpc) is 2.98. The molecule has 0 unspecified atom stereocenters. The Morgan fingerprint density at radius 2 is 1.30 bits per heavy atom. The van der Waals surface area contributed by atoms with Gasteiger partial charge in [-0.3, -0.25) is 24.0 Å². The Labute approximate surface area is 297 Å². The van der Waals surface area contributed by atoms with Crippen molar-refractivity contribution in [3.05, 3.63) is 11.6 Å². The fourth-order valence-corrected chi connectivity index (χ4v) is 12.2. The highest BCUT2D eigenvalue weighted by molar-refractivity contribution is 5.77. The minimum absolute atomic E-state index is 0.00183. The molecule has 10 nitrogen and oxygen atoms in total. The Hall–Kier alpha value is -2.91. The molecular formula is C40H60O10. The standard InChI is InChI=1S/C40H60O10/c1-35(2)18-20-40(34(47)48)21-19-38(6)24(25(40)22-35)14-15-28-37(5)23-26(49-31(45)12-8-10-29(41)42)33(50-32(46)13-9-11-30(43)44)36(3,4)27(37)16-17-39(28,38)7/h14,25-28,33H,8-13,15-23H2,1-7H3,(H,41,42)(H,43,44)(H,47,48)/t25-,26+,27-,28+,33-,37-,38+,39+,40-/m0/s1. The molecule has 0 aliphatic heterocycles. The fourth-order valence-electron chi connectivity index (χ4n) is 12.2. The molecule has 3 N–H and O–H groups in total. The number of hydrogen-bond acceptors (Lipinski definition) is 7. The van der Waals surface area contributed by atoms with E-state index >= 15 is 0 Å². The summed E-state index contributed by atoms with van der Waals surface area (Å²) in [6, 6.07) is 0. The maximum atomic E-state index is 13.2. The summed E-state index contributed by atoms with van der Waals surface area (Å²) in [7, 11) is 0. The van der Waals surface area contributed by atoms with Crippen molar-refractivity contribution in [3.8, 4) is 0 Å². The normalized spacial score (nSPS) is 39.7. The molecule has 50 heavy (non-hydrogen) atoms. The van der Waals surface area contributed by atoms with Gasteiger partial charge in [-0.15, -0.1) is 0 Å². The lowest BCUT2D eigenvalue weighted by atomic mass is 9.33. The van der Waals surface area contributed by atoms with Crippen LogP contribution in [-0.4, -0.2) is 57.4 Å². The van der Waals surface area contributed by atoms with Crippen LogP contribution in [0.3, 0.4) is 0 Å². The van der Waals surface area contributed by atoms with Crippen molar-refractivity contribution in [1.82, 2.24) is 0 Å². The van der Waals surface area contributed by atoms with Gasteiger partial charge in [-0.1, -0.05) is 60.1 Å². The SMILES string of the molecule is CC1(C)CC[C@]2(C(=O)O)CC[C@]3(C)C(=CC[C@@H]4[C@@]5(C)C[C@@H](OC(=O)CCCC(=O)O)[C@H](OC(=O)CCCC(=O)O)C(C)(C)[C@@H]5CC[C@]43C)[C@@H]2C1. The van der Waals surface area contributed by atoms with Crippen molar-refractivity contribution in [1.29, 1.82) is 0 Å². The molecule has 5 aliphatic rings. The molecule has 5 aliphatic carbocycles. The second-order valence-electron chi connectivity index (χ2n) is 18.6. The zero-order chi connectivity index (χ0) is 37.1. The Bertz CT molecular complexity index is 1430. The van der Waals surface area contributed by atoms with E-state index in [4.69, 9.17) is 19.7 Å². The molecule has 4 fully saturated rings. The van der Waals surface area contributed by atoms with Crippen molar-refractivity contribution in [2.75, 3.05) is 0 Å². The Morgan fingerprint density at radius 1 is 0.720 bits per heavy atom. The molecule has 0 bridgehead atoms. The number of fused-ring (bicyclic) bond motifs is 7. The van der Waals surface area contributed by atoms with Gasteiger partial charge in [0.05, 0.1) is 5.41 Å². The monoisotopic (exact) mass is 700 g/mol. The zero-order valence-corrected chi connectivity index (χ0v) is 31.3. The zero-order valence-electron chi connectivity index (χ0n) is 31.3. The van der Waals surface area contributed by atoms with E-state index < -0.39 is 52.9 Å². The van der Waals surface area contributed by atoms with Gasteiger partial charge >= 0.3 is 29.8 Å². The summed E-state index contributed by atoms with van der Waals surface area (Å²) in [5.74, 6) is -3.33. The third kappa shape index (κ3) is 6.39. The van der Waals surface area contributed by atoms with Gasteiger partial charge in [0.15, 0.2) is 0 Å². The molecule has 0 aromatic rings. The van der Waals surface area contributed by atoms with Crippen LogP contribution in [0.25, 0.3) is 0 Å². The third-order valence-electron chi connectivity index (χ3n) is 15.0. The fraction of sp³-hybridized carbons (Fsp3) is 0.825. The molecule has 9 atom stereocenters. The predicted octanol–water partition coefficient (Wildman–Crippen LogP) is 7.82. The third-order valence-corrected chi connectivity index (χ3v) is 15.0. The van der Waals surface area contributed by atoms with E-state index in [9.17, 15) is 29.1 Å². The van der Waals surface area contributed by atoms with E-state index in [1.807, 2.05) is 0 Å². The first-order chi connectivity index (χ1) is 23.1. The molecule has 10 heteroatoms. The highest BCUT2D eigenvalue weighted by atomic mass is 16.6. The van der Waals surface area contributed by atoms with Gasteiger partial charge in [0.1, 0.15) is 12.2 Å². The molecule has 0 saturated heterocycles. The smallest absolute Gasteiger partial charge is 0.310 e. The number of carboxylic acids is 3. The maximum Gasteiger partial charge on any atom is 0.310 e. The number of rotatable bonds is 11. The minimum atomic E-state index is -0.986. The van der Waals surface area contributed by atoms with E-state index in [0.717, 1.165) is 38.5 Å². The van der Waals surface area contributed by atoms with Gasteiger partial charge in [-0.2, -0.15) is 0 Å². The van der Waals surface area contributed by atoms with Crippen LogP contribution in [0.4, 0.5) is 0 Å². The average molecular weight is 701 g/mol. The molecule has 0 radical (unpaired) electrons. The summed E-state index contributed by atoms with van der Waals surface area (Å²) >= 11 is 0. The molecular weight excluding hydrogens is 640 g/mol. The lowest BCUT2D eigenvalue weighted by Gasteiger charge is -2.71. The summed E-state index contributed by atoms with van der Waals surface area (Å²) in [6.07, 6.45) is 7.87. The Kier molecular flexibility index (Phi) is 10.2. The summed E-state index contributed by atoms with van der Waals surface area (Å²) in [4.78, 5) is 61.6. The van der Waals surface area contributed by atoms with Gasteiger partial charge in [0.2, 0.25) is 0 Å². The first-order valence-corrected chi connectivity index (χ1v) is 18.9. The van der Waals surface area contributed by atoms with Gasteiger partial charge < -0.3 is 24.8 Å². The summed E-state index contributed by atoms with van der Waals surface area (Å²) in [5, 5.41) is 28.9. The van der Waals surface area contributed by atoms with E-state index in [1.54, 1.807) is 0 Å². The van der Waals surface area contributed by atoms with Gasteiger partial charge in [-0.05, 0) is 110 Å². The second-order valence-corrected chi connectivity index (χ2v) is 18.6. The van der Waals surface area contributed by atoms with Crippen LogP contribution < -0.4 is 0 Å². The van der Waals surface area contributed by atoms with Crippen molar-refractivity contribution >= 4 is 29.8 Å². The van der Waals surface area contributed by atoms with Crippen molar-refractivity contribution < 1.29 is 48.8 Å². The van der Waals surface area contributed by atoms with E-state index in [1.165, 1.54) is 5.57 Å². The molecule has 0 aromatic heterocycles. The van der Waals surface area contributed by atoms with E-state index in [0.29, 0.717) is 19.3 Å². The van der Waals surface area contributed by atoms with Crippen LogP contribution in [0.15, 0.2) is 11.6 Å². The lowest BCUT2D eigenvalue weighted by Crippen LogP contribution is -2.67. The molecule has 0 heterocycles. The lowest BCUT2D eigenvalue weighted by molar-refractivity contribution is -0.245. The number of ether oxygens (including phenoxy) is 2. The number of esters is 2. The number of hydrogen-bond donors (Lipinski definition) is 3. The molecule has 5 rings (SSSR count). The highest BCUT2D eigenvalue weighted by Gasteiger charge is 2.71. The van der Waals surface area contributed by atoms with Gasteiger partial charge in [0, 0.05) is 31.1 Å². The van der Waals surface area contributed by atoms with Crippen LogP contribution in [-0.2, 0) is 33.4 Å². The van der Waals surface area contributed by atoms with Crippen LogP contribution in [0.1, 0.15) is 145 Å². The topological polar surface area (TPSA) is 164 Å².